The third-order valence-electron chi connectivity index (χ3n) is 4.89. The minimum absolute atomic E-state index is 0.0707. The lowest BCUT2D eigenvalue weighted by Gasteiger charge is -2.34. The van der Waals surface area contributed by atoms with E-state index in [1.807, 2.05) is 0 Å². The summed E-state index contributed by atoms with van der Waals surface area (Å²) in [6, 6.07) is 3.14. The van der Waals surface area contributed by atoms with E-state index in [1.165, 1.54) is 6.42 Å². The molecule has 3 nitrogen and oxygen atoms in total. The number of hydrogen-bond acceptors (Lipinski definition) is 3. The molecule has 0 amide bonds. The quantitative estimate of drug-likeness (QED) is 0.675. The fourth-order valence-corrected chi connectivity index (χ4v) is 6.15. The van der Waals surface area contributed by atoms with Crippen molar-refractivity contribution in [3.05, 3.63) is 28.6 Å². The molecule has 23 heavy (non-hydrogen) atoms. The Morgan fingerprint density at radius 2 is 2.13 bits per heavy atom. The number of halogens is 1. The number of nitrogens with one attached hydrogen (secondary N) is 1. The van der Waals surface area contributed by atoms with E-state index in [2.05, 4.69) is 37.6 Å². The monoisotopic (exact) mass is 375 g/mol. The third kappa shape index (κ3) is 4.81. The average Bonchev–Trinajstić information content (AvgIpc) is 2.99. The number of thiophene rings is 1. The maximum absolute atomic E-state index is 12.7. The number of rotatable bonds is 7. The zero-order valence-electron chi connectivity index (χ0n) is 14.0. The van der Waals surface area contributed by atoms with Crippen LogP contribution in [-0.4, -0.2) is 14.5 Å². The second-order valence-corrected chi connectivity index (χ2v) is 10.1. The number of hydrogen-bond donors (Lipinski definition) is 1. The Hall–Kier alpha value is -0.360. The van der Waals surface area contributed by atoms with Crippen molar-refractivity contribution in [2.45, 2.75) is 56.7 Å². The predicted octanol–water partition coefficient (Wildman–Crippen LogP) is 5.09. The van der Waals surface area contributed by atoms with Crippen LogP contribution in [0.15, 0.2) is 28.5 Å². The standard InChI is InChI=1S/C17H26ClNO2S2/c1-4-12(2)17(13(3)14-8-6-5-7-9-14)19-23(20,21)16-11-10-15(18)22-16/h6,8,10-14,17,19H,4-5,7,9H2,1-3H3/t12-,13-,14?,17-/m0/s1. The molecule has 1 aliphatic carbocycles. The van der Waals surface area contributed by atoms with Crippen LogP contribution in [0, 0.1) is 17.8 Å². The van der Waals surface area contributed by atoms with Crippen LogP contribution in [0.3, 0.4) is 0 Å². The molecule has 0 spiro atoms. The van der Waals surface area contributed by atoms with Crippen molar-refractivity contribution in [1.82, 2.24) is 4.72 Å². The highest BCUT2D eigenvalue weighted by Gasteiger charge is 2.32. The van der Waals surface area contributed by atoms with Gasteiger partial charge in [0.25, 0.3) is 0 Å². The van der Waals surface area contributed by atoms with E-state index in [-0.39, 0.29) is 17.9 Å². The SMILES string of the molecule is CC[C@H](C)[C@H](NS(=O)(=O)c1ccc(Cl)s1)[C@@H](C)C1C=CCCC1. The molecular weight excluding hydrogens is 350 g/mol. The summed E-state index contributed by atoms with van der Waals surface area (Å²) >= 11 is 7.00. The van der Waals surface area contributed by atoms with Crippen molar-refractivity contribution >= 4 is 33.0 Å². The summed E-state index contributed by atoms with van der Waals surface area (Å²) in [5, 5.41) is 0. The van der Waals surface area contributed by atoms with Crippen LogP contribution >= 0.6 is 22.9 Å². The van der Waals surface area contributed by atoms with Crippen molar-refractivity contribution in [3.63, 3.8) is 0 Å². The lowest BCUT2D eigenvalue weighted by atomic mass is 9.77. The van der Waals surface area contributed by atoms with Gasteiger partial charge in [0.05, 0.1) is 4.34 Å². The van der Waals surface area contributed by atoms with E-state index in [1.54, 1.807) is 12.1 Å². The van der Waals surface area contributed by atoms with E-state index in [4.69, 9.17) is 11.6 Å². The van der Waals surface area contributed by atoms with Gasteiger partial charge in [0, 0.05) is 6.04 Å². The second kappa shape index (κ2) is 8.15. The van der Waals surface area contributed by atoms with E-state index in [0.717, 1.165) is 30.6 Å². The van der Waals surface area contributed by atoms with Gasteiger partial charge in [-0.3, -0.25) is 0 Å². The molecule has 1 aromatic heterocycles. The largest absolute Gasteiger partial charge is 0.250 e. The van der Waals surface area contributed by atoms with E-state index >= 15 is 0 Å². The van der Waals surface area contributed by atoms with Gasteiger partial charge in [-0.15, -0.1) is 11.3 Å². The first-order chi connectivity index (χ1) is 10.8. The zero-order valence-corrected chi connectivity index (χ0v) is 16.3. The lowest BCUT2D eigenvalue weighted by Crippen LogP contribution is -2.45. The summed E-state index contributed by atoms with van der Waals surface area (Å²) in [7, 11) is -3.52. The van der Waals surface area contributed by atoms with Crippen LogP contribution in [-0.2, 0) is 10.0 Å². The molecule has 1 unspecified atom stereocenters. The van der Waals surface area contributed by atoms with Crippen LogP contribution in [0.1, 0.15) is 46.5 Å². The van der Waals surface area contributed by atoms with Gasteiger partial charge in [0.1, 0.15) is 4.21 Å². The van der Waals surface area contributed by atoms with E-state index < -0.39 is 10.0 Å². The van der Waals surface area contributed by atoms with Gasteiger partial charge in [0.2, 0.25) is 10.0 Å². The predicted molar refractivity (Wildman–Crippen MR) is 98.5 cm³/mol. The summed E-state index contributed by atoms with van der Waals surface area (Å²) in [5.41, 5.74) is 0. The number of allylic oxidation sites excluding steroid dienone is 2. The average molecular weight is 376 g/mol. The molecule has 0 radical (unpaired) electrons. The van der Waals surface area contributed by atoms with Gasteiger partial charge in [-0.2, -0.15) is 0 Å². The van der Waals surface area contributed by atoms with Gasteiger partial charge in [0.15, 0.2) is 0 Å². The Labute approximate surface area is 149 Å². The van der Waals surface area contributed by atoms with E-state index in [0.29, 0.717) is 14.5 Å². The molecule has 6 heteroatoms. The molecule has 2 rings (SSSR count). The van der Waals surface area contributed by atoms with Crippen molar-refractivity contribution in [2.24, 2.45) is 17.8 Å². The topological polar surface area (TPSA) is 46.2 Å². The third-order valence-corrected chi connectivity index (χ3v) is 8.08. The summed E-state index contributed by atoms with van der Waals surface area (Å²) in [6.45, 7) is 6.40. The first kappa shape index (κ1) is 19.0. The van der Waals surface area contributed by atoms with Gasteiger partial charge >= 0.3 is 0 Å². The van der Waals surface area contributed by atoms with Crippen LogP contribution in [0.2, 0.25) is 4.34 Å². The molecule has 130 valence electrons. The molecule has 0 saturated heterocycles. The van der Waals surface area contributed by atoms with Gasteiger partial charge in [-0.1, -0.05) is 50.9 Å². The maximum Gasteiger partial charge on any atom is 0.250 e. The Morgan fingerprint density at radius 1 is 1.39 bits per heavy atom. The van der Waals surface area contributed by atoms with Crippen LogP contribution in [0.4, 0.5) is 0 Å². The molecule has 0 aromatic carbocycles. The molecular formula is C17H26ClNO2S2. The van der Waals surface area contributed by atoms with Crippen molar-refractivity contribution in [1.29, 1.82) is 0 Å². The van der Waals surface area contributed by atoms with Gasteiger partial charge < -0.3 is 0 Å². The summed E-state index contributed by atoms with van der Waals surface area (Å²) in [6.07, 6.45) is 8.89. The fraction of sp³-hybridized carbons (Fsp3) is 0.647. The first-order valence-electron chi connectivity index (χ1n) is 8.29. The minimum atomic E-state index is -3.52. The Morgan fingerprint density at radius 3 is 2.65 bits per heavy atom. The Bertz CT molecular complexity index is 639. The highest BCUT2D eigenvalue weighted by atomic mass is 35.5. The van der Waals surface area contributed by atoms with Gasteiger partial charge in [-0.05, 0) is 49.1 Å². The van der Waals surface area contributed by atoms with Crippen molar-refractivity contribution in [3.8, 4) is 0 Å². The highest BCUT2D eigenvalue weighted by Crippen LogP contribution is 2.32. The Balaban J connectivity index is 2.21. The van der Waals surface area contributed by atoms with Crippen LogP contribution in [0.25, 0.3) is 0 Å². The highest BCUT2D eigenvalue weighted by molar-refractivity contribution is 7.91. The molecule has 1 heterocycles. The van der Waals surface area contributed by atoms with Crippen molar-refractivity contribution in [2.75, 3.05) is 0 Å². The molecule has 0 saturated carbocycles. The smallest absolute Gasteiger partial charge is 0.207 e. The summed E-state index contributed by atoms with van der Waals surface area (Å²) in [4.78, 5) is 0. The van der Waals surface area contributed by atoms with Crippen LogP contribution in [0.5, 0.6) is 0 Å². The normalized spacial score (nSPS) is 22.7. The lowest BCUT2D eigenvalue weighted by molar-refractivity contribution is 0.247. The zero-order chi connectivity index (χ0) is 17.0. The fourth-order valence-electron chi connectivity index (χ4n) is 3.22. The molecule has 1 aromatic rings. The molecule has 0 aliphatic heterocycles. The Kier molecular flexibility index (Phi) is 6.72. The maximum atomic E-state index is 12.7. The van der Waals surface area contributed by atoms with Crippen molar-refractivity contribution < 1.29 is 8.42 Å². The van der Waals surface area contributed by atoms with Gasteiger partial charge in [-0.25, -0.2) is 13.1 Å². The summed E-state index contributed by atoms with van der Waals surface area (Å²) < 4.78 is 29.1. The first-order valence-corrected chi connectivity index (χ1v) is 11.0. The molecule has 0 bridgehead atoms. The number of sulfonamides is 1. The van der Waals surface area contributed by atoms with E-state index in [9.17, 15) is 8.42 Å². The molecule has 0 fully saturated rings. The molecule has 1 aliphatic rings. The second-order valence-electron chi connectivity index (χ2n) is 6.47. The molecule has 4 atom stereocenters. The summed E-state index contributed by atoms with van der Waals surface area (Å²) in [5.74, 6) is 0.995. The van der Waals surface area contributed by atoms with Crippen LogP contribution < -0.4 is 4.72 Å². The molecule has 1 N–H and O–H groups in total. The minimum Gasteiger partial charge on any atom is -0.207 e.